The van der Waals surface area contributed by atoms with Crippen LogP contribution in [0.2, 0.25) is 0 Å². The Morgan fingerprint density at radius 3 is 1.48 bits per heavy atom. The summed E-state index contributed by atoms with van der Waals surface area (Å²) in [6.07, 6.45) is 19.6. The summed E-state index contributed by atoms with van der Waals surface area (Å²) in [5.41, 5.74) is -0.254. The Kier molecular flexibility index (Phi) is 24.9. The predicted octanol–water partition coefficient (Wildman–Crippen LogP) is 8.91. The van der Waals surface area contributed by atoms with E-state index in [1.165, 1.54) is 64.2 Å². The van der Waals surface area contributed by atoms with Gasteiger partial charge in [0.2, 0.25) is 0 Å². The summed E-state index contributed by atoms with van der Waals surface area (Å²) in [5, 5.41) is 0. The van der Waals surface area contributed by atoms with Gasteiger partial charge in [0.25, 0.3) is 0 Å². The first-order chi connectivity index (χ1) is 15.1. The van der Waals surface area contributed by atoms with E-state index < -0.39 is 7.32 Å². The molecule has 0 spiro atoms. The molecule has 0 aliphatic rings. The van der Waals surface area contributed by atoms with Crippen molar-refractivity contribution in [2.75, 3.05) is 5.75 Å². The van der Waals surface area contributed by atoms with Crippen LogP contribution in [0.1, 0.15) is 130 Å². The van der Waals surface area contributed by atoms with E-state index in [1.54, 1.807) is 0 Å². The number of thiol groups is 2. The maximum absolute atomic E-state index is 6.24. The van der Waals surface area contributed by atoms with Crippen molar-refractivity contribution < 1.29 is 14.0 Å². The van der Waals surface area contributed by atoms with E-state index in [9.17, 15) is 0 Å². The first-order valence-electron chi connectivity index (χ1n) is 13.0. The first kappa shape index (κ1) is 32.0. The van der Waals surface area contributed by atoms with E-state index in [4.69, 9.17) is 14.0 Å². The molecule has 0 radical (unpaired) electrons. The van der Waals surface area contributed by atoms with Crippen molar-refractivity contribution >= 4 is 44.3 Å². The molecule has 31 heavy (non-hydrogen) atoms. The van der Waals surface area contributed by atoms with Crippen molar-refractivity contribution in [3.05, 3.63) is 0 Å². The fourth-order valence-electron chi connectivity index (χ4n) is 3.34. The third-order valence-corrected chi connectivity index (χ3v) is 7.20. The molecule has 0 heterocycles. The highest BCUT2D eigenvalue weighted by molar-refractivity contribution is 7.99. The van der Waals surface area contributed by atoms with Crippen molar-refractivity contribution in [2.45, 2.75) is 147 Å². The average molecular weight is 495 g/mol. The van der Waals surface area contributed by atoms with E-state index in [2.05, 4.69) is 53.0 Å². The standard InChI is InChI=1S/C24H51BO3S3/c1-5-9-10-11-12-13-14-15-16-17-21-31-24(20-8-4)28-25(26-22(29)18-6-2)27-23(30)19-7-3/h22-24,29-30H,5-21H2,1-4H3. The molecular formula is C24H51BO3S3. The van der Waals surface area contributed by atoms with Crippen LogP contribution in [0.25, 0.3) is 0 Å². The second-order valence-corrected chi connectivity index (χ2v) is 10.9. The van der Waals surface area contributed by atoms with Crippen molar-refractivity contribution in [1.29, 1.82) is 0 Å². The maximum atomic E-state index is 6.24. The molecule has 0 fully saturated rings. The molecule has 0 bridgehead atoms. The Balaban J connectivity index is 4.20. The largest absolute Gasteiger partial charge is 0.641 e. The van der Waals surface area contributed by atoms with E-state index >= 15 is 0 Å². The number of unbranched alkanes of at least 4 members (excludes halogenated alkanes) is 9. The minimum Gasteiger partial charge on any atom is -0.374 e. The van der Waals surface area contributed by atoms with Crippen LogP contribution in [0.4, 0.5) is 0 Å². The Morgan fingerprint density at radius 2 is 1.03 bits per heavy atom. The minimum absolute atomic E-state index is 0.0953. The molecule has 3 unspecified atom stereocenters. The van der Waals surface area contributed by atoms with Crippen LogP contribution in [0.5, 0.6) is 0 Å². The van der Waals surface area contributed by atoms with E-state index in [0.29, 0.717) is 0 Å². The third kappa shape index (κ3) is 21.3. The SMILES string of the molecule is CCCCCCCCCCCCSC(CCC)OB(OC(S)CCC)OC(S)CCC. The van der Waals surface area contributed by atoms with Crippen LogP contribution >= 0.6 is 37.0 Å². The highest BCUT2D eigenvalue weighted by Gasteiger charge is 2.30. The summed E-state index contributed by atoms with van der Waals surface area (Å²) >= 11 is 11.0. The molecule has 0 aromatic rings. The smallest absolute Gasteiger partial charge is 0.374 e. The van der Waals surface area contributed by atoms with Gasteiger partial charge in [-0.3, -0.25) is 0 Å². The summed E-state index contributed by atoms with van der Waals surface area (Å²) in [6.45, 7) is 8.74. The molecule has 0 saturated carbocycles. The number of rotatable bonds is 24. The van der Waals surface area contributed by atoms with Crippen LogP contribution in [0.15, 0.2) is 0 Å². The van der Waals surface area contributed by atoms with Crippen molar-refractivity contribution in [3.63, 3.8) is 0 Å². The van der Waals surface area contributed by atoms with Crippen LogP contribution in [-0.2, 0) is 14.0 Å². The zero-order valence-electron chi connectivity index (χ0n) is 20.9. The second kappa shape index (κ2) is 24.1. The highest BCUT2D eigenvalue weighted by Crippen LogP contribution is 2.24. The molecule has 0 aliphatic heterocycles. The molecule has 0 N–H and O–H groups in total. The van der Waals surface area contributed by atoms with Gasteiger partial charge in [-0.05, 0) is 31.4 Å². The van der Waals surface area contributed by atoms with E-state index in [1.807, 2.05) is 11.8 Å². The topological polar surface area (TPSA) is 27.7 Å². The van der Waals surface area contributed by atoms with Crippen LogP contribution in [0, 0.1) is 0 Å². The van der Waals surface area contributed by atoms with Crippen molar-refractivity contribution in [1.82, 2.24) is 0 Å². The van der Waals surface area contributed by atoms with Gasteiger partial charge in [-0.15, -0.1) is 37.0 Å². The fraction of sp³-hybridized carbons (Fsp3) is 1.00. The van der Waals surface area contributed by atoms with Crippen molar-refractivity contribution in [3.8, 4) is 0 Å². The Hall–Kier alpha value is 0.995. The number of hydrogen-bond acceptors (Lipinski definition) is 6. The van der Waals surface area contributed by atoms with Gasteiger partial charge in [-0.2, -0.15) is 0 Å². The van der Waals surface area contributed by atoms with Gasteiger partial charge in [0.1, 0.15) is 0 Å². The molecule has 0 aliphatic carbocycles. The number of thioether (sulfide) groups is 1. The molecule has 0 aromatic carbocycles. The quantitative estimate of drug-likeness (QED) is 0.0606. The van der Waals surface area contributed by atoms with Gasteiger partial charge in [-0.1, -0.05) is 105 Å². The fourth-order valence-corrected chi connectivity index (χ4v) is 5.26. The summed E-state index contributed by atoms with van der Waals surface area (Å²) in [5.74, 6) is 1.13. The van der Waals surface area contributed by atoms with Gasteiger partial charge in [0.15, 0.2) is 0 Å². The second-order valence-electron chi connectivity index (χ2n) is 8.45. The van der Waals surface area contributed by atoms with E-state index in [-0.39, 0.29) is 16.3 Å². The lowest BCUT2D eigenvalue weighted by Crippen LogP contribution is -2.36. The predicted molar refractivity (Wildman–Crippen MR) is 147 cm³/mol. The van der Waals surface area contributed by atoms with E-state index in [0.717, 1.165) is 44.3 Å². The monoisotopic (exact) mass is 494 g/mol. The van der Waals surface area contributed by atoms with Gasteiger partial charge >= 0.3 is 7.32 Å². The first-order valence-corrected chi connectivity index (χ1v) is 15.1. The van der Waals surface area contributed by atoms with Crippen LogP contribution < -0.4 is 0 Å². The highest BCUT2D eigenvalue weighted by atomic mass is 32.2. The van der Waals surface area contributed by atoms with Gasteiger partial charge in [-0.25, -0.2) is 0 Å². The van der Waals surface area contributed by atoms with Crippen LogP contribution in [0.3, 0.4) is 0 Å². The van der Waals surface area contributed by atoms with Crippen LogP contribution in [-0.4, -0.2) is 29.4 Å². The molecular weight excluding hydrogens is 443 g/mol. The summed E-state index contributed by atoms with van der Waals surface area (Å²) in [6, 6.07) is 0. The Bertz CT molecular complexity index is 353. The summed E-state index contributed by atoms with van der Waals surface area (Å²) in [4.78, 5) is 0. The number of hydrogen-bond donors (Lipinski definition) is 2. The lowest BCUT2D eigenvalue weighted by atomic mass is 10.1. The molecule has 0 saturated heterocycles. The van der Waals surface area contributed by atoms with Gasteiger partial charge in [0.05, 0.1) is 16.3 Å². The molecule has 3 nitrogen and oxygen atoms in total. The lowest BCUT2D eigenvalue weighted by Gasteiger charge is -2.25. The Morgan fingerprint density at radius 1 is 0.581 bits per heavy atom. The van der Waals surface area contributed by atoms with Gasteiger partial charge in [0, 0.05) is 0 Å². The van der Waals surface area contributed by atoms with Gasteiger partial charge < -0.3 is 14.0 Å². The van der Waals surface area contributed by atoms with Crippen molar-refractivity contribution in [2.24, 2.45) is 0 Å². The normalized spacial score (nSPS) is 14.5. The molecule has 3 atom stereocenters. The summed E-state index contributed by atoms with van der Waals surface area (Å²) < 4.78 is 18.1. The average Bonchev–Trinajstić information content (AvgIpc) is 2.72. The molecule has 0 amide bonds. The molecule has 7 heteroatoms. The molecule has 0 aromatic heterocycles. The molecule has 186 valence electrons. The Labute approximate surface area is 210 Å². The maximum Gasteiger partial charge on any atom is 0.641 e. The zero-order valence-corrected chi connectivity index (χ0v) is 23.5. The lowest BCUT2D eigenvalue weighted by molar-refractivity contribution is 0.0640. The summed E-state index contributed by atoms with van der Waals surface area (Å²) in [7, 11) is -0.695. The molecule has 0 rings (SSSR count). The minimum atomic E-state index is -0.695. The zero-order chi connectivity index (χ0) is 23.2. The third-order valence-electron chi connectivity index (χ3n) is 5.20.